The van der Waals surface area contributed by atoms with Gasteiger partial charge in [0.15, 0.2) is 11.6 Å². The van der Waals surface area contributed by atoms with Crippen LogP contribution < -0.4 is 4.72 Å². The van der Waals surface area contributed by atoms with E-state index in [2.05, 4.69) is 0 Å². The molecule has 1 aromatic rings. The molecule has 0 atom stereocenters. The van der Waals surface area contributed by atoms with Crippen LogP contribution in [0.2, 0.25) is 0 Å². The summed E-state index contributed by atoms with van der Waals surface area (Å²) in [5, 5.41) is 9.10. The van der Waals surface area contributed by atoms with Crippen LogP contribution in [0.4, 0.5) is 23.2 Å². The summed E-state index contributed by atoms with van der Waals surface area (Å²) in [6.45, 7) is 0. The molecule has 0 heterocycles. The van der Waals surface area contributed by atoms with Gasteiger partial charge in [-0.15, -0.1) is 0 Å². The second-order valence-corrected chi connectivity index (χ2v) is 4.83. The van der Waals surface area contributed by atoms with E-state index in [1.807, 2.05) is 0 Å². The molecule has 0 saturated carbocycles. The molecule has 0 bridgehead atoms. The number of nitrogens with one attached hydrogen (secondary N) is 1. The Morgan fingerprint density at radius 2 is 1.88 bits per heavy atom. The van der Waals surface area contributed by atoms with Gasteiger partial charge in [0.25, 0.3) is 0 Å². The molecule has 96 valence electrons. The zero-order chi connectivity index (χ0) is 13.3. The summed E-state index contributed by atoms with van der Waals surface area (Å²) in [6.07, 6.45) is -4.95. The third kappa shape index (κ3) is 4.10. The topological polar surface area (TPSA) is 66.4 Å². The highest BCUT2D eigenvalue weighted by molar-refractivity contribution is 7.92. The average Bonchev–Trinajstić information content (AvgIpc) is 2.07. The summed E-state index contributed by atoms with van der Waals surface area (Å²) in [7, 11) is -4.81. The van der Waals surface area contributed by atoms with Gasteiger partial charge in [-0.05, 0) is 12.1 Å². The van der Waals surface area contributed by atoms with Gasteiger partial charge in [-0.3, -0.25) is 4.72 Å². The normalized spacial score (nSPS) is 12.5. The lowest BCUT2D eigenvalue weighted by Gasteiger charge is -2.11. The molecule has 0 aromatic heterocycles. The summed E-state index contributed by atoms with van der Waals surface area (Å²) in [6, 6.07) is 2.81. The number of alkyl halides is 3. The molecular weight excluding hydrogens is 266 g/mol. The maximum absolute atomic E-state index is 13.0. The van der Waals surface area contributed by atoms with Gasteiger partial charge < -0.3 is 5.11 Å². The Kier molecular flexibility index (Phi) is 3.51. The minimum atomic E-state index is -4.95. The smallest absolute Gasteiger partial charge is 0.404 e. The zero-order valence-electron chi connectivity index (χ0n) is 8.12. The number of para-hydroxylation sites is 1. The number of anilines is 1. The Hall–Kier alpha value is -1.51. The summed E-state index contributed by atoms with van der Waals surface area (Å²) >= 11 is 0. The van der Waals surface area contributed by atoms with Crippen LogP contribution in [0.3, 0.4) is 0 Å². The molecule has 0 fully saturated rings. The monoisotopic (exact) mass is 273 g/mol. The first-order valence-corrected chi connectivity index (χ1v) is 5.81. The molecule has 4 nitrogen and oxygen atoms in total. The van der Waals surface area contributed by atoms with Crippen molar-refractivity contribution in [2.45, 2.75) is 6.18 Å². The predicted molar refractivity (Wildman–Crippen MR) is 51.5 cm³/mol. The molecule has 0 amide bonds. The van der Waals surface area contributed by atoms with Crippen molar-refractivity contribution in [3.63, 3.8) is 0 Å². The SMILES string of the molecule is O=S(=O)(CC(F)(F)F)Nc1c(O)cccc1F. The number of halogens is 4. The van der Waals surface area contributed by atoms with Crippen molar-refractivity contribution in [3.05, 3.63) is 24.0 Å². The van der Waals surface area contributed by atoms with Crippen LogP contribution in [-0.4, -0.2) is 25.5 Å². The molecule has 1 aromatic carbocycles. The lowest BCUT2D eigenvalue weighted by molar-refractivity contribution is -0.106. The van der Waals surface area contributed by atoms with Crippen LogP contribution in [-0.2, 0) is 10.0 Å². The van der Waals surface area contributed by atoms with Crippen LogP contribution in [0, 0.1) is 5.82 Å². The number of rotatable bonds is 3. The summed E-state index contributed by atoms with van der Waals surface area (Å²) < 4.78 is 72.0. The molecule has 17 heavy (non-hydrogen) atoms. The van der Waals surface area contributed by atoms with E-state index >= 15 is 0 Å². The van der Waals surface area contributed by atoms with E-state index < -0.39 is 39.2 Å². The van der Waals surface area contributed by atoms with Crippen molar-refractivity contribution in [2.24, 2.45) is 0 Å². The van der Waals surface area contributed by atoms with Gasteiger partial charge in [-0.2, -0.15) is 13.2 Å². The lowest BCUT2D eigenvalue weighted by Crippen LogP contribution is -2.28. The van der Waals surface area contributed by atoms with Gasteiger partial charge in [0, 0.05) is 0 Å². The Bertz CT molecular complexity index is 492. The van der Waals surface area contributed by atoms with E-state index in [4.69, 9.17) is 5.11 Å². The molecule has 0 aliphatic heterocycles. The molecule has 0 radical (unpaired) electrons. The number of hydrogen-bond acceptors (Lipinski definition) is 3. The fourth-order valence-corrected chi connectivity index (χ4v) is 2.04. The molecule has 1 rings (SSSR count). The van der Waals surface area contributed by atoms with Gasteiger partial charge in [-0.1, -0.05) is 6.07 Å². The van der Waals surface area contributed by atoms with E-state index in [9.17, 15) is 26.0 Å². The molecule has 9 heteroatoms. The van der Waals surface area contributed by atoms with E-state index in [-0.39, 0.29) is 0 Å². The molecule has 0 saturated heterocycles. The fourth-order valence-electron chi connectivity index (χ4n) is 1.02. The van der Waals surface area contributed by atoms with Crippen molar-refractivity contribution in [1.82, 2.24) is 0 Å². The van der Waals surface area contributed by atoms with E-state index in [0.29, 0.717) is 0 Å². The standard InChI is InChI=1S/C8H7F4NO3S/c9-5-2-1-3-6(14)7(5)13-17(15,16)4-8(10,11)12/h1-3,13-14H,4H2. The van der Waals surface area contributed by atoms with E-state index in [1.54, 1.807) is 0 Å². The number of phenolic OH excluding ortho intramolecular Hbond substituents is 1. The summed E-state index contributed by atoms with van der Waals surface area (Å²) in [5.74, 6) is -4.13. The fraction of sp³-hybridized carbons (Fsp3) is 0.250. The highest BCUT2D eigenvalue weighted by Crippen LogP contribution is 2.28. The number of sulfonamides is 1. The largest absolute Gasteiger partial charge is 0.506 e. The van der Waals surface area contributed by atoms with Gasteiger partial charge in [0.05, 0.1) is 0 Å². The van der Waals surface area contributed by atoms with Crippen LogP contribution in [0.25, 0.3) is 0 Å². The third-order valence-electron chi connectivity index (χ3n) is 1.60. The first-order valence-electron chi connectivity index (χ1n) is 4.15. The summed E-state index contributed by atoms with van der Waals surface area (Å²) in [5.41, 5.74) is -0.906. The Morgan fingerprint density at radius 1 is 1.29 bits per heavy atom. The second kappa shape index (κ2) is 4.40. The first-order chi connectivity index (χ1) is 7.61. The maximum atomic E-state index is 13.0. The van der Waals surface area contributed by atoms with Crippen LogP contribution in [0.1, 0.15) is 0 Å². The lowest BCUT2D eigenvalue weighted by atomic mass is 10.3. The number of benzene rings is 1. The van der Waals surface area contributed by atoms with Crippen molar-refractivity contribution in [3.8, 4) is 5.75 Å². The minimum Gasteiger partial charge on any atom is -0.506 e. The van der Waals surface area contributed by atoms with Crippen LogP contribution in [0.5, 0.6) is 5.75 Å². The highest BCUT2D eigenvalue weighted by atomic mass is 32.2. The Morgan fingerprint density at radius 3 is 2.35 bits per heavy atom. The average molecular weight is 273 g/mol. The van der Waals surface area contributed by atoms with E-state index in [0.717, 1.165) is 18.2 Å². The minimum absolute atomic E-state index is 0.796. The molecule has 0 spiro atoms. The van der Waals surface area contributed by atoms with Crippen molar-refractivity contribution < 1.29 is 31.1 Å². The van der Waals surface area contributed by atoms with Gasteiger partial charge >= 0.3 is 6.18 Å². The molecular formula is C8H7F4NO3S. The first kappa shape index (κ1) is 13.6. The maximum Gasteiger partial charge on any atom is 0.404 e. The molecule has 0 unspecified atom stereocenters. The van der Waals surface area contributed by atoms with Crippen molar-refractivity contribution in [2.75, 3.05) is 10.5 Å². The summed E-state index contributed by atoms with van der Waals surface area (Å²) in [4.78, 5) is 0. The number of phenols is 1. The Balaban J connectivity index is 2.99. The third-order valence-corrected chi connectivity index (χ3v) is 2.83. The zero-order valence-corrected chi connectivity index (χ0v) is 8.94. The van der Waals surface area contributed by atoms with E-state index in [1.165, 1.54) is 4.72 Å². The molecule has 0 aliphatic carbocycles. The van der Waals surface area contributed by atoms with Gasteiger partial charge in [-0.25, -0.2) is 12.8 Å². The molecule has 2 N–H and O–H groups in total. The van der Waals surface area contributed by atoms with Gasteiger partial charge in [0.2, 0.25) is 10.0 Å². The van der Waals surface area contributed by atoms with Crippen LogP contribution >= 0.6 is 0 Å². The predicted octanol–water partition coefficient (Wildman–Crippen LogP) is 1.84. The quantitative estimate of drug-likeness (QED) is 0.652. The van der Waals surface area contributed by atoms with Crippen molar-refractivity contribution in [1.29, 1.82) is 0 Å². The van der Waals surface area contributed by atoms with Crippen molar-refractivity contribution >= 4 is 15.7 Å². The number of aromatic hydroxyl groups is 1. The second-order valence-electron chi connectivity index (χ2n) is 3.11. The van der Waals surface area contributed by atoms with Crippen LogP contribution in [0.15, 0.2) is 18.2 Å². The molecule has 0 aliphatic rings. The highest BCUT2D eigenvalue weighted by Gasteiger charge is 2.35. The number of hydrogen-bond donors (Lipinski definition) is 2. The Labute approximate surface area is 93.9 Å². The van der Waals surface area contributed by atoms with Gasteiger partial charge in [0.1, 0.15) is 11.4 Å².